The molecule has 5 heteroatoms. The lowest BCUT2D eigenvalue weighted by Crippen LogP contribution is -1.97. The predicted octanol–water partition coefficient (Wildman–Crippen LogP) is 12.4. The molecule has 0 N–H and O–H groups in total. The molecule has 0 fully saturated rings. The van der Waals surface area contributed by atoms with Crippen molar-refractivity contribution in [2.75, 3.05) is 0 Å². The minimum Gasteiger partial charge on any atom is -0.309 e. The van der Waals surface area contributed by atoms with Gasteiger partial charge in [0.05, 0.1) is 38.0 Å². The Morgan fingerprint density at radius 1 is 0.392 bits per heavy atom. The zero-order valence-corrected chi connectivity index (χ0v) is 28.2. The quantitative estimate of drug-likeness (QED) is 0.187. The molecule has 0 atom stereocenters. The Balaban J connectivity index is 1.20. The largest absolute Gasteiger partial charge is 0.309 e. The summed E-state index contributed by atoms with van der Waals surface area (Å²) in [4.78, 5) is 10.4. The molecule has 4 heterocycles. The van der Waals surface area contributed by atoms with Crippen LogP contribution in [0.5, 0.6) is 0 Å². The van der Waals surface area contributed by atoms with E-state index in [9.17, 15) is 0 Å². The Morgan fingerprint density at radius 2 is 0.961 bits per heavy atom. The van der Waals surface area contributed by atoms with E-state index < -0.39 is 0 Å². The lowest BCUT2D eigenvalue weighted by atomic mass is 10.1. The van der Waals surface area contributed by atoms with E-state index in [1.165, 1.54) is 48.3 Å². The van der Waals surface area contributed by atoms with Crippen LogP contribution >= 0.6 is 11.3 Å². The van der Waals surface area contributed by atoms with Crippen LogP contribution in [0.2, 0.25) is 0 Å². The summed E-state index contributed by atoms with van der Waals surface area (Å²) < 4.78 is 7.13. The summed E-state index contributed by atoms with van der Waals surface area (Å²) in [6.45, 7) is 0. The number of para-hydroxylation sites is 3. The molecule has 0 aliphatic heterocycles. The van der Waals surface area contributed by atoms with Gasteiger partial charge in [0.15, 0.2) is 5.82 Å². The molecular weight excluding hydrogens is 641 g/mol. The number of hydrogen-bond donors (Lipinski definition) is 0. The van der Waals surface area contributed by atoms with Gasteiger partial charge in [-0.15, -0.1) is 11.3 Å². The molecule has 4 nitrogen and oxygen atoms in total. The Morgan fingerprint density at radius 3 is 1.69 bits per heavy atom. The predicted molar refractivity (Wildman–Crippen MR) is 214 cm³/mol. The maximum absolute atomic E-state index is 5.28. The van der Waals surface area contributed by atoms with Gasteiger partial charge in [-0.25, -0.2) is 9.97 Å². The first-order chi connectivity index (χ1) is 25.3. The van der Waals surface area contributed by atoms with Crippen LogP contribution in [0.4, 0.5) is 0 Å². The fourth-order valence-electron chi connectivity index (χ4n) is 7.86. The SMILES string of the molecule is c1ccc(-c2nc(-c3cccc(-n4c5ccccc5c5cc6c7ccccc7n(-c7ccccc7)c6cc54)c3)c3sc4ccccc4c3n2)cc1. The third-order valence-electron chi connectivity index (χ3n) is 10.1. The molecule has 0 unspecified atom stereocenters. The van der Waals surface area contributed by atoms with Crippen molar-refractivity contribution in [3.05, 3.63) is 170 Å². The first kappa shape index (κ1) is 28.3. The molecule has 51 heavy (non-hydrogen) atoms. The normalized spacial score (nSPS) is 11.9. The summed E-state index contributed by atoms with van der Waals surface area (Å²) >= 11 is 1.76. The van der Waals surface area contributed by atoms with Gasteiger partial charge in [0, 0.05) is 54.1 Å². The van der Waals surface area contributed by atoms with Gasteiger partial charge in [0.25, 0.3) is 0 Å². The number of aromatic nitrogens is 4. The topological polar surface area (TPSA) is 35.6 Å². The van der Waals surface area contributed by atoms with Crippen LogP contribution < -0.4 is 0 Å². The van der Waals surface area contributed by atoms with Crippen LogP contribution in [0.1, 0.15) is 0 Å². The van der Waals surface area contributed by atoms with Crippen molar-refractivity contribution in [2.24, 2.45) is 0 Å². The van der Waals surface area contributed by atoms with Crippen LogP contribution in [-0.2, 0) is 0 Å². The zero-order chi connectivity index (χ0) is 33.5. The molecular formula is C46H28N4S. The van der Waals surface area contributed by atoms with Crippen molar-refractivity contribution >= 4 is 75.3 Å². The Hall–Kier alpha value is -6.56. The van der Waals surface area contributed by atoms with E-state index in [1.807, 2.05) is 18.2 Å². The summed E-state index contributed by atoms with van der Waals surface area (Å²) in [6, 6.07) is 60.7. The third kappa shape index (κ3) is 4.25. The number of rotatable bonds is 4. The average Bonchev–Trinajstić information content (AvgIpc) is 3.85. The molecule has 0 saturated carbocycles. The summed E-state index contributed by atoms with van der Waals surface area (Å²) in [5.41, 5.74) is 11.0. The summed E-state index contributed by atoms with van der Waals surface area (Å²) in [6.07, 6.45) is 0. The molecule has 0 saturated heterocycles. The molecule has 7 aromatic carbocycles. The van der Waals surface area contributed by atoms with E-state index in [2.05, 4.69) is 161 Å². The fourth-order valence-corrected chi connectivity index (χ4v) is 9.01. The van der Waals surface area contributed by atoms with Crippen molar-refractivity contribution in [2.45, 2.75) is 0 Å². The van der Waals surface area contributed by atoms with E-state index in [4.69, 9.17) is 9.97 Å². The zero-order valence-electron chi connectivity index (χ0n) is 27.4. The minimum atomic E-state index is 0.736. The van der Waals surface area contributed by atoms with Crippen molar-refractivity contribution in [3.8, 4) is 34.0 Å². The van der Waals surface area contributed by atoms with Gasteiger partial charge in [0.2, 0.25) is 0 Å². The first-order valence-electron chi connectivity index (χ1n) is 17.2. The number of nitrogens with zero attached hydrogens (tertiary/aromatic N) is 4. The van der Waals surface area contributed by atoms with Crippen molar-refractivity contribution in [1.82, 2.24) is 19.1 Å². The molecule has 0 bridgehead atoms. The molecule has 0 aliphatic carbocycles. The third-order valence-corrected chi connectivity index (χ3v) is 11.3. The lowest BCUT2D eigenvalue weighted by Gasteiger charge is -2.12. The number of thiophene rings is 1. The van der Waals surface area contributed by atoms with Gasteiger partial charge in [-0.05, 0) is 54.6 Å². The number of benzene rings is 7. The monoisotopic (exact) mass is 668 g/mol. The second-order valence-electron chi connectivity index (χ2n) is 13.0. The Labute approximate surface area is 297 Å². The standard InChI is InChI=1S/C46H28N4S/c1-3-14-29(15-4-1)46-47-43(45-44(48-46)35-22-9-12-25-42(35)51-45)30-16-13-19-32(26-30)50-39-24-11-8-21-34(39)37-27-36-33-20-7-10-23-38(33)49(40(36)28-41(37)50)31-17-5-2-6-18-31/h1-28H. The fraction of sp³-hybridized carbons (Fsp3) is 0. The van der Waals surface area contributed by atoms with Crippen LogP contribution in [0.25, 0.3) is 97.9 Å². The van der Waals surface area contributed by atoms with Crippen molar-refractivity contribution < 1.29 is 0 Å². The molecule has 0 aliphatic rings. The maximum Gasteiger partial charge on any atom is 0.160 e. The summed E-state index contributed by atoms with van der Waals surface area (Å²) in [5.74, 6) is 0.736. The Kier molecular flexibility index (Phi) is 6.09. The van der Waals surface area contributed by atoms with Crippen LogP contribution in [0, 0.1) is 0 Å². The molecule has 0 radical (unpaired) electrons. The molecule has 0 spiro atoms. The van der Waals surface area contributed by atoms with Gasteiger partial charge in [-0.3, -0.25) is 0 Å². The van der Waals surface area contributed by atoms with Gasteiger partial charge in [-0.2, -0.15) is 0 Å². The summed E-state index contributed by atoms with van der Waals surface area (Å²) in [5, 5.41) is 6.13. The lowest BCUT2D eigenvalue weighted by molar-refractivity contribution is 1.16. The van der Waals surface area contributed by atoms with E-state index in [-0.39, 0.29) is 0 Å². The van der Waals surface area contributed by atoms with E-state index in [0.717, 1.165) is 49.6 Å². The first-order valence-corrected chi connectivity index (χ1v) is 18.0. The van der Waals surface area contributed by atoms with Gasteiger partial charge in [-0.1, -0.05) is 115 Å². The molecule has 11 aromatic rings. The maximum atomic E-state index is 5.28. The molecule has 4 aromatic heterocycles. The Bertz CT molecular complexity index is 3130. The average molecular weight is 669 g/mol. The van der Waals surface area contributed by atoms with E-state index in [1.54, 1.807) is 11.3 Å². The van der Waals surface area contributed by atoms with Crippen molar-refractivity contribution in [3.63, 3.8) is 0 Å². The highest BCUT2D eigenvalue weighted by atomic mass is 32.1. The minimum absolute atomic E-state index is 0.736. The van der Waals surface area contributed by atoms with E-state index in [0.29, 0.717) is 0 Å². The van der Waals surface area contributed by atoms with Crippen LogP contribution in [0.15, 0.2) is 170 Å². The van der Waals surface area contributed by atoms with Gasteiger partial charge < -0.3 is 9.13 Å². The van der Waals surface area contributed by atoms with Gasteiger partial charge >= 0.3 is 0 Å². The second-order valence-corrected chi connectivity index (χ2v) is 14.1. The van der Waals surface area contributed by atoms with Crippen LogP contribution in [-0.4, -0.2) is 19.1 Å². The second kappa shape index (κ2) is 11.0. The van der Waals surface area contributed by atoms with Gasteiger partial charge in [0.1, 0.15) is 0 Å². The highest BCUT2D eigenvalue weighted by molar-refractivity contribution is 7.26. The molecule has 238 valence electrons. The van der Waals surface area contributed by atoms with E-state index >= 15 is 0 Å². The van der Waals surface area contributed by atoms with Crippen molar-refractivity contribution in [1.29, 1.82) is 0 Å². The summed E-state index contributed by atoms with van der Waals surface area (Å²) in [7, 11) is 0. The molecule has 11 rings (SSSR count). The number of hydrogen-bond acceptors (Lipinski definition) is 3. The highest BCUT2D eigenvalue weighted by Crippen LogP contribution is 2.42. The highest BCUT2D eigenvalue weighted by Gasteiger charge is 2.20. The smallest absolute Gasteiger partial charge is 0.160 e. The molecule has 0 amide bonds. The number of fused-ring (bicyclic) bond motifs is 9. The van der Waals surface area contributed by atoms with Crippen LogP contribution in [0.3, 0.4) is 0 Å².